The first kappa shape index (κ1) is 11.3. The van der Waals surface area contributed by atoms with E-state index in [9.17, 15) is 4.79 Å². The number of nitrogens with two attached hydrogens (primary N) is 1. The van der Waals surface area contributed by atoms with E-state index in [1.165, 1.54) is 32.1 Å². The van der Waals surface area contributed by atoms with Crippen LogP contribution < -0.4 is 5.73 Å². The predicted octanol–water partition coefficient (Wildman–Crippen LogP) is 1.22. The summed E-state index contributed by atoms with van der Waals surface area (Å²) in [5.74, 6) is 0.967. The average Bonchev–Trinajstić information content (AvgIpc) is 2.31. The van der Waals surface area contributed by atoms with Crippen molar-refractivity contribution in [2.75, 3.05) is 18.8 Å². The van der Waals surface area contributed by atoms with Gasteiger partial charge in [-0.05, 0) is 12.8 Å². The summed E-state index contributed by atoms with van der Waals surface area (Å²) < 4.78 is 0. The Bertz CT molecular complexity index is 229. The number of hydrogen-bond acceptors (Lipinski definition) is 3. The van der Waals surface area contributed by atoms with E-state index in [-0.39, 0.29) is 0 Å². The zero-order valence-electron chi connectivity index (χ0n) is 9.15. The minimum absolute atomic E-state index is 0.330. The molecule has 0 radical (unpaired) electrons. The van der Waals surface area contributed by atoms with E-state index in [1.807, 2.05) is 0 Å². The number of hydrogen-bond donors (Lipinski definition) is 1. The topological polar surface area (TPSA) is 46.3 Å². The molecule has 2 aliphatic rings. The molecule has 1 saturated carbocycles. The zero-order chi connectivity index (χ0) is 10.7. The van der Waals surface area contributed by atoms with Gasteiger partial charge in [0.15, 0.2) is 0 Å². The van der Waals surface area contributed by atoms with Crippen molar-refractivity contribution in [3.05, 3.63) is 0 Å². The fourth-order valence-electron chi connectivity index (χ4n) is 2.53. The maximum Gasteiger partial charge on any atom is 0.232 e. The van der Waals surface area contributed by atoms with Gasteiger partial charge in [0.2, 0.25) is 5.91 Å². The molecular formula is C11H20N2OS. The van der Waals surface area contributed by atoms with Gasteiger partial charge >= 0.3 is 0 Å². The minimum Gasteiger partial charge on any atom is -0.338 e. The Morgan fingerprint density at radius 2 is 2.07 bits per heavy atom. The maximum absolute atomic E-state index is 11.8. The van der Waals surface area contributed by atoms with Crippen LogP contribution in [0.25, 0.3) is 0 Å². The number of nitrogens with zero attached hydrogens (tertiary/aromatic N) is 1. The first-order chi connectivity index (χ1) is 7.31. The standard InChI is InChI=1S/C11H20N2OS/c12-6-10-7-13(11(14)8-15-10)9-4-2-1-3-5-9/h9-10H,1-8,12H2. The summed E-state index contributed by atoms with van der Waals surface area (Å²) >= 11 is 1.72. The molecular weight excluding hydrogens is 208 g/mol. The van der Waals surface area contributed by atoms with Gasteiger partial charge in [0.1, 0.15) is 0 Å². The van der Waals surface area contributed by atoms with Crippen LogP contribution in [0.1, 0.15) is 32.1 Å². The molecule has 1 saturated heterocycles. The molecule has 2 N–H and O–H groups in total. The maximum atomic E-state index is 11.8. The molecule has 3 nitrogen and oxygen atoms in total. The van der Waals surface area contributed by atoms with E-state index in [1.54, 1.807) is 11.8 Å². The molecule has 1 atom stereocenters. The van der Waals surface area contributed by atoms with Crippen molar-refractivity contribution in [3.8, 4) is 0 Å². The third-order valence-electron chi connectivity index (χ3n) is 3.44. The highest BCUT2D eigenvalue weighted by Gasteiger charge is 2.31. The van der Waals surface area contributed by atoms with Crippen molar-refractivity contribution < 1.29 is 4.79 Å². The zero-order valence-corrected chi connectivity index (χ0v) is 9.97. The Balaban J connectivity index is 1.95. The molecule has 1 aliphatic carbocycles. The quantitative estimate of drug-likeness (QED) is 0.773. The lowest BCUT2D eigenvalue weighted by Gasteiger charge is -2.39. The molecule has 2 fully saturated rings. The van der Waals surface area contributed by atoms with Crippen LogP contribution in [-0.4, -0.2) is 40.9 Å². The van der Waals surface area contributed by atoms with Crippen molar-refractivity contribution in [2.45, 2.75) is 43.4 Å². The molecule has 0 aromatic heterocycles. The lowest BCUT2D eigenvalue weighted by Crippen LogP contribution is -2.50. The van der Waals surface area contributed by atoms with Crippen molar-refractivity contribution >= 4 is 17.7 Å². The van der Waals surface area contributed by atoms with Crippen molar-refractivity contribution in [3.63, 3.8) is 0 Å². The molecule has 1 aliphatic heterocycles. The van der Waals surface area contributed by atoms with E-state index in [0.717, 1.165) is 6.54 Å². The summed E-state index contributed by atoms with van der Waals surface area (Å²) in [5.41, 5.74) is 5.68. The molecule has 2 rings (SSSR count). The highest BCUT2D eigenvalue weighted by atomic mass is 32.2. The first-order valence-electron chi connectivity index (χ1n) is 5.92. The SMILES string of the molecule is NCC1CN(C2CCCCC2)C(=O)CS1. The Hall–Kier alpha value is -0.220. The van der Waals surface area contributed by atoms with E-state index in [0.29, 0.717) is 29.5 Å². The number of carbonyl (C=O) groups is 1. The largest absolute Gasteiger partial charge is 0.338 e. The van der Waals surface area contributed by atoms with Crippen LogP contribution in [0, 0.1) is 0 Å². The van der Waals surface area contributed by atoms with Gasteiger partial charge in [-0.3, -0.25) is 4.79 Å². The van der Waals surface area contributed by atoms with Crippen molar-refractivity contribution in [1.82, 2.24) is 4.90 Å². The molecule has 0 bridgehead atoms. The van der Waals surface area contributed by atoms with Crippen molar-refractivity contribution in [2.24, 2.45) is 5.73 Å². The second-order valence-electron chi connectivity index (χ2n) is 4.51. The van der Waals surface area contributed by atoms with Crippen LogP contribution in [-0.2, 0) is 4.79 Å². The fourth-order valence-corrected chi connectivity index (χ4v) is 3.48. The normalized spacial score (nSPS) is 29.5. The molecule has 1 heterocycles. The summed E-state index contributed by atoms with van der Waals surface area (Å²) in [6.45, 7) is 1.58. The van der Waals surface area contributed by atoms with Crippen LogP contribution in [0.5, 0.6) is 0 Å². The van der Waals surface area contributed by atoms with Gasteiger partial charge in [-0.2, -0.15) is 0 Å². The second-order valence-corrected chi connectivity index (χ2v) is 5.80. The number of rotatable bonds is 2. The van der Waals surface area contributed by atoms with Gasteiger partial charge in [-0.25, -0.2) is 0 Å². The third kappa shape index (κ3) is 2.67. The Morgan fingerprint density at radius 3 is 2.73 bits per heavy atom. The number of thioether (sulfide) groups is 1. The first-order valence-corrected chi connectivity index (χ1v) is 6.97. The fraction of sp³-hybridized carbons (Fsp3) is 0.909. The molecule has 4 heteroatoms. The number of carbonyl (C=O) groups excluding carboxylic acids is 1. The third-order valence-corrected chi connectivity index (χ3v) is 4.67. The van der Waals surface area contributed by atoms with Crippen molar-refractivity contribution in [1.29, 1.82) is 0 Å². The summed E-state index contributed by atoms with van der Waals surface area (Å²) in [6.07, 6.45) is 6.32. The Labute approximate surface area is 95.8 Å². The van der Waals surface area contributed by atoms with Gasteiger partial charge in [0.25, 0.3) is 0 Å². The lowest BCUT2D eigenvalue weighted by molar-refractivity contribution is -0.131. The molecule has 1 amide bonds. The van der Waals surface area contributed by atoms with E-state index >= 15 is 0 Å². The van der Waals surface area contributed by atoms with E-state index < -0.39 is 0 Å². The number of amides is 1. The summed E-state index contributed by atoms with van der Waals surface area (Å²) in [7, 11) is 0. The minimum atomic E-state index is 0.330. The Morgan fingerprint density at radius 1 is 1.33 bits per heavy atom. The van der Waals surface area contributed by atoms with Gasteiger partial charge < -0.3 is 10.6 Å². The highest BCUT2D eigenvalue weighted by Crippen LogP contribution is 2.27. The van der Waals surface area contributed by atoms with Gasteiger partial charge in [-0.15, -0.1) is 11.8 Å². The summed E-state index contributed by atoms with van der Waals surface area (Å²) in [6, 6.07) is 0.515. The monoisotopic (exact) mass is 228 g/mol. The van der Waals surface area contributed by atoms with Gasteiger partial charge in [-0.1, -0.05) is 19.3 Å². The average molecular weight is 228 g/mol. The molecule has 0 aromatic carbocycles. The molecule has 1 unspecified atom stereocenters. The highest BCUT2D eigenvalue weighted by molar-refractivity contribution is 8.00. The van der Waals surface area contributed by atoms with E-state index in [2.05, 4.69) is 4.90 Å². The summed E-state index contributed by atoms with van der Waals surface area (Å²) in [4.78, 5) is 13.9. The van der Waals surface area contributed by atoms with Gasteiger partial charge in [0.05, 0.1) is 5.75 Å². The molecule has 0 spiro atoms. The summed E-state index contributed by atoms with van der Waals surface area (Å²) in [5, 5.41) is 0.463. The second kappa shape index (κ2) is 5.21. The predicted molar refractivity (Wildman–Crippen MR) is 63.9 cm³/mol. The van der Waals surface area contributed by atoms with Crippen LogP contribution in [0.4, 0.5) is 0 Å². The van der Waals surface area contributed by atoms with E-state index in [4.69, 9.17) is 5.73 Å². The molecule has 15 heavy (non-hydrogen) atoms. The Kier molecular flexibility index (Phi) is 3.92. The van der Waals surface area contributed by atoms with Crippen LogP contribution in [0.2, 0.25) is 0 Å². The van der Waals surface area contributed by atoms with Crippen LogP contribution >= 0.6 is 11.8 Å². The smallest absolute Gasteiger partial charge is 0.232 e. The van der Waals surface area contributed by atoms with Crippen LogP contribution in [0.3, 0.4) is 0 Å². The van der Waals surface area contributed by atoms with Crippen LogP contribution in [0.15, 0.2) is 0 Å². The van der Waals surface area contributed by atoms with Gasteiger partial charge in [0, 0.05) is 24.4 Å². The molecule has 86 valence electrons. The lowest BCUT2D eigenvalue weighted by atomic mass is 9.94. The molecule has 0 aromatic rings.